The summed E-state index contributed by atoms with van der Waals surface area (Å²) in [5, 5.41) is 0. The lowest BCUT2D eigenvalue weighted by molar-refractivity contribution is -0.158. The number of carbonyl (C=O) groups excluding carboxylic acids is 2. The molecule has 2 fully saturated rings. The Kier molecular flexibility index (Phi) is 5.42. The van der Waals surface area contributed by atoms with E-state index in [4.69, 9.17) is 9.47 Å². The molecule has 5 nitrogen and oxygen atoms in total. The Balaban J connectivity index is 1.88. The Morgan fingerprint density at radius 1 is 1.16 bits per heavy atom. The molecule has 0 aliphatic carbocycles. The second-order valence-corrected chi connectivity index (χ2v) is 6.93. The van der Waals surface area contributed by atoms with Crippen LogP contribution in [0, 0.1) is 5.41 Å². The first-order chi connectivity index (χ1) is 12.1. The maximum absolute atomic E-state index is 13.0. The van der Waals surface area contributed by atoms with Crippen molar-refractivity contribution in [3.05, 3.63) is 35.9 Å². The number of amides is 1. The molecule has 0 N–H and O–H groups in total. The van der Waals surface area contributed by atoms with Crippen LogP contribution in [0.4, 0.5) is 0 Å². The second-order valence-electron chi connectivity index (χ2n) is 6.93. The Morgan fingerprint density at radius 2 is 1.92 bits per heavy atom. The summed E-state index contributed by atoms with van der Waals surface area (Å²) in [5.41, 5.74) is 0.475. The van der Waals surface area contributed by atoms with Gasteiger partial charge in [0.15, 0.2) is 0 Å². The van der Waals surface area contributed by atoms with E-state index in [0.717, 1.165) is 18.4 Å². The number of fused-ring (bicyclic) bond motifs is 2. The Morgan fingerprint density at radius 3 is 2.60 bits per heavy atom. The number of carbonyl (C=O) groups is 2. The van der Waals surface area contributed by atoms with Gasteiger partial charge >= 0.3 is 5.97 Å². The smallest absolute Gasteiger partial charge is 0.314 e. The summed E-state index contributed by atoms with van der Waals surface area (Å²) in [6.45, 7) is 4.68. The van der Waals surface area contributed by atoms with Gasteiger partial charge in [-0.25, -0.2) is 0 Å². The average Bonchev–Trinajstić information content (AvgIpc) is 3.17. The van der Waals surface area contributed by atoms with Crippen molar-refractivity contribution in [2.75, 3.05) is 19.8 Å². The molecule has 0 aromatic heterocycles. The predicted molar refractivity (Wildman–Crippen MR) is 94.0 cm³/mol. The Bertz CT molecular complexity index is 617. The molecule has 5 heteroatoms. The van der Waals surface area contributed by atoms with E-state index in [0.29, 0.717) is 26.1 Å². The highest BCUT2D eigenvalue weighted by atomic mass is 16.5. The Labute approximate surface area is 149 Å². The molecule has 25 heavy (non-hydrogen) atoms. The van der Waals surface area contributed by atoms with Crippen LogP contribution in [0.2, 0.25) is 0 Å². The lowest BCUT2D eigenvalue weighted by atomic mass is 9.70. The first kappa shape index (κ1) is 17.9. The van der Waals surface area contributed by atoms with E-state index in [1.54, 1.807) is 0 Å². The van der Waals surface area contributed by atoms with Crippen LogP contribution in [0.3, 0.4) is 0 Å². The van der Waals surface area contributed by atoms with Gasteiger partial charge in [-0.3, -0.25) is 9.59 Å². The highest BCUT2D eigenvalue weighted by Gasteiger charge is 2.61. The number of ether oxygens (including phenoxy) is 2. The molecule has 2 aliphatic heterocycles. The molecule has 2 aliphatic rings. The number of benzene rings is 1. The van der Waals surface area contributed by atoms with Crippen LogP contribution in [-0.4, -0.2) is 48.7 Å². The minimum Gasteiger partial charge on any atom is -0.465 e. The van der Waals surface area contributed by atoms with Gasteiger partial charge in [-0.2, -0.15) is 0 Å². The average molecular weight is 345 g/mol. The number of hydrogen-bond donors (Lipinski definition) is 0. The van der Waals surface area contributed by atoms with Gasteiger partial charge in [0.2, 0.25) is 5.91 Å². The van der Waals surface area contributed by atoms with Crippen LogP contribution in [0.1, 0.15) is 38.7 Å². The van der Waals surface area contributed by atoms with Gasteiger partial charge in [0.1, 0.15) is 6.61 Å². The molecule has 1 aromatic rings. The van der Waals surface area contributed by atoms with E-state index in [2.05, 4.69) is 0 Å². The van der Waals surface area contributed by atoms with Crippen molar-refractivity contribution in [2.24, 2.45) is 5.41 Å². The van der Waals surface area contributed by atoms with Gasteiger partial charge < -0.3 is 14.4 Å². The van der Waals surface area contributed by atoms with Crippen LogP contribution in [0.25, 0.3) is 0 Å². The topological polar surface area (TPSA) is 55.8 Å². The number of hydrogen-bond acceptors (Lipinski definition) is 4. The molecule has 1 amide bonds. The van der Waals surface area contributed by atoms with Crippen molar-refractivity contribution in [3.8, 4) is 0 Å². The first-order valence-corrected chi connectivity index (χ1v) is 9.22. The number of rotatable bonds is 7. The normalized spacial score (nSPS) is 27.5. The van der Waals surface area contributed by atoms with Crippen molar-refractivity contribution < 1.29 is 19.1 Å². The lowest BCUT2D eigenvalue weighted by Gasteiger charge is -2.35. The van der Waals surface area contributed by atoms with E-state index in [1.807, 2.05) is 49.1 Å². The largest absolute Gasteiger partial charge is 0.465 e. The molecule has 0 spiro atoms. The van der Waals surface area contributed by atoms with Gasteiger partial charge in [-0.1, -0.05) is 30.3 Å². The van der Waals surface area contributed by atoms with Crippen molar-refractivity contribution in [1.29, 1.82) is 0 Å². The van der Waals surface area contributed by atoms with E-state index in [-0.39, 0.29) is 30.6 Å². The maximum atomic E-state index is 13.0. The number of nitrogens with zero attached hydrogens (tertiary/aromatic N) is 1. The second kappa shape index (κ2) is 7.56. The zero-order valence-electron chi connectivity index (χ0n) is 15.1. The Hall–Kier alpha value is -1.88. The zero-order valence-corrected chi connectivity index (χ0v) is 15.1. The van der Waals surface area contributed by atoms with Crippen molar-refractivity contribution in [3.63, 3.8) is 0 Å². The predicted octanol–water partition coefficient (Wildman–Crippen LogP) is 2.58. The summed E-state index contributed by atoms with van der Waals surface area (Å²) >= 11 is 0. The molecule has 0 saturated carbocycles. The molecule has 136 valence electrons. The molecule has 0 radical (unpaired) electrons. The molecule has 3 atom stereocenters. The molecular formula is C20H27NO4. The standard InChI is InChI=1S/C20H27NO4/c1-3-24-14-18(22)21-16-10-11-17(21)20(13-16,19(23)25-4-2)12-15-8-6-5-7-9-15/h5-9,16-17H,3-4,10-14H2,1-2H3/t16-,17+,20+/m1/s1. The van der Waals surface area contributed by atoms with Gasteiger partial charge in [0.05, 0.1) is 12.0 Å². The SMILES string of the molecule is CCOCC(=O)N1[C@@H]2CC[C@H]1[C@@](Cc1ccccc1)(C(=O)OCC)C2. The van der Waals surface area contributed by atoms with Crippen LogP contribution in [0.5, 0.6) is 0 Å². The van der Waals surface area contributed by atoms with Crippen LogP contribution in [-0.2, 0) is 25.5 Å². The van der Waals surface area contributed by atoms with Gasteiger partial charge in [0, 0.05) is 18.7 Å². The third kappa shape index (κ3) is 3.30. The molecule has 2 saturated heterocycles. The monoisotopic (exact) mass is 345 g/mol. The summed E-state index contributed by atoms with van der Waals surface area (Å²) in [7, 11) is 0. The number of esters is 1. The molecular weight excluding hydrogens is 318 g/mol. The van der Waals surface area contributed by atoms with E-state index in [9.17, 15) is 9.59 Å². The first-order valence-electron chi connectivity index (χ1n) is 9.22. The minimum absolute atomic E-state index is 0.00594. The van der Waals surface area contributed by atoms with Crippen molar-refractivity contribution in [2.45, 2.75) is 51.6 Å². The lowest BCUT2D eigenvalue weighted by Crippen LogP contribution is -2.48. The van der Waals surface area contributed by atoms with Gasteiger partial charge in [0.25, 0.3) is 0 Å². The third-order valence-corrected chi connectivity index (χ3v) is 5.50. The van der Waals surface area contributed by atoms with E-state index in [1.165, 1.54) is 0 Å². The highest BCUT2D eigenvalue weighted by molar-refractivity contribution is 5.84. The minimum atomic E-state index is -0.637. The molecule has 3 rings (SSSR count). The summed E-state index contributed by atoms with van der Waals surface area (Å²) in [6, 6.07) is 10.0. The van der Waals surface area contributed by atoms with Crippen LogP contribution >= 0.6 is 0 Å². The zero-order chi connectivity index (χ0) is 17.9. The fraction of sp³-hybridized carbons (Fsp3) is 0.600. The molecule has 0 unspecified atom stereocenters. The quantitative estimate of drug-likeness (QED) is 0.713. The summed E-state index contributed by atoms with van der Waals surface area (Å²) in [4.78, 5) is 27.5. The summed E-state index contributed by atoms with van der Waals surface area (Å²) < 4.78 is 10.8. The van der Waals surface area contributed by atoms with Gasteiger partial charge in [-0.15, -0.1) is 0 Å². The maximum Gasteiger partial charge on any atom is 0.314 e. The van der Waals surface area contributed by atoms with E-state index < -0.39 is 5.41 Å². The van der Waals surface area contributed by atoms with E-state index >= 15 is 0 Å². The van der Waals surface area contributed by atoms with Crippen LogP contribution in [0.15, 0.2) is 30.3 Å². The van der Waals surface area contributed by atoms with Crippen LogP contribution < -0.4 is 0 Å². The summed E-state index contributed by atoms with van der Waals surface area (Å²) in [6.07, 6.45) is 3.11. The fourth-order valence-electron chi connectivity index (χ4n) is 4.54. The van der Waals surface area contributed by atoms with Crippen molar-refractivity contribution >= 4 is 11.9 Å². The third-order valence-electron chi connectivity index (χ3n) is 5.50. The van der Waals surface area contributed by atoms with Crippen molar-refractivity contribution in [1.82, 2.24) is 4.90 Å². The highest BCUT2D eigenvalue weighted by Crippen LogP contribution is 2.52. The molecule has 1 aromatic carbocycles. The molecule has 2 heterocycles. The summed E-state index contributed by atoms with van der Waals surface area (Å²) in [5.74, 6) is -0.172. The molecule has 2 bridgehead atoms. The van der Waals surface area contributed by atoms with Gasteiger partial charge in [-0.05, 0) is 45.1 Å². The fourth-order valence-corrected chi connectivity index (χ4v) is 4.54.